The molecule has 0 amide bonds. The van der Waals surface area contributed by atoms with Gasteiger partial charge in [0, 0.05) is 23.9 Å². The quantitative estimate of drug-likeness (QED) is 0.761. The van der Waals surface area contributed by atoms with Gasteiger partial charge in [-0.15, -0.1) is 0 Å². The number of hydrogen-bond acceptors (Lipinski definition) is 6. The molecule has 0 saturated carbocycles. The van der Waals surface area contributed by atoms with Gasteiger partial charge in [0.15, 0.2) is 17.5 Å². The standard InChI is InChI=1S/C15H13F2N5O/c1-8-5-15(22-23-8)21-14-7-13(18-9(2)19-14)20-10-3-4-11(16)12(17)6-10/h3-7H,1-2H3,(H2,18,19,20,21,22). The van der Waals surface area contributed by atoms with Crippen LogP contribution in [-0.4, -0.2) is 15.1 Å². The molecular formula is C15H13F2N5O. The summed E-state index contributed by atoms with van der Waals surface area (Å²) in [4.78, 5) is 8.44. The van der Waals surface area contributed by atoms with Crippen molar-refractivity contribution >= 4 is 23.1 Å². The SMILES string of the molecule is Cc1nc(Nc2ccc(F)c(F)c2)cc(Nc2cc(C)on2)n1. The first-order chi connectivity index (χ1) is 11.0. The number of halogens is 2. The number of hydrogen-bond donors (Lipinski definition) is 2. The fraction of sp³-hybridized carbons (Fsp3) is 0.133. The molecule has 0 aliphatic carbocycles. The predicted molar refractivity (Wildman–Crippen MR) is 80.9 cm³/mol. The van der Waals surface area contributed by atoms with Crippen LogP contribution in [0, 0.1) is 25.5 Å². The second-order valence-corrected chi connectivity index (χ2v) is 4.89. The van der Waals surface area contributed by atoms with E-state index in [1.165, 1.54) is 6.07 Å². The Morgan fingerprint density at radius 1 is 0.870 bits per heavy atom. The van der Waals surface area contributed by atoms with E-state index in [0.717, 1.165) is 12.1 Å². The van der Waals surface area contributed by atoms with Gasteiger partial charge in [0.25, 0.3) is 0 Å². The fourth-order valence-electron chi connectivity index (χ4n) is 1.97. The molecule has 1 aromatic carbocycles. The number of aromatic nitrogens is 3. The number of nitrogens with one attached hydrogen (secondary N) is 2. The van der Waals surface area contributed by atoms with Crippen molar-refractivity contribution in [2.75, 3.05) is 10.6 Å². The first-order valence-electron chi connectivity index (χ1n) is 6.78. The Morgan fingerprint density at radius 3 is 2.26 bits per heavy atom. The minimum absolute atomic E-state index is 0.380. The van der Waals surface area contributed by atoms with E-state index < -0.39 is 11.6 Å². The van der Waals surface area contributed by atoms with Crippen LogP contribution in [0.5, 0.6) is 0 Å². The third-order valence-corrected chi connectivity index (χ3v) is 2.91. The van der Waals surface area contributed by atoms with Gasteiger partial charge in [-0.2, -0.15) is 0 Å². The third kappa shape index (κ3) is 3.60. The molecule has 0 unspecified atom stereocenters. The van der Waals surface area contributed by atoms with Gasteiger partial charge in [0.1, 0.15) is 23.2 Å². The summed E-state index contributed by atoms with van der Waals surface area (Å²) < 4.78 is 31.2. The van der Waals surface area contributed by atoms with Crippen LogP contribution in [0.4, 0.5) is 31.9 Å². The topological polar surface area (TPSA) is 75.9 Å². The van der Waals surface area contributed by atoms with Crippen molar-refractivity contribution in [2.24, 2.45) is 0 Å². The highest BCUT2D eigenvalue weighted by Crippen LogP contribution is 2.21. The molecule has 2 heterocycles. The molecule has 0 bridgehead atoms. The zero-order valence-corrected chi connectivity index (χ0v) is 12.4. The lowest BCUT2D eigenvalue weighted by atomic mass is 10.3. The van der Waals surface area contributed by atoms with Gasteiger partial charge < -0.3 is 15.2 Å². The summed E-state index contributed by atoms with van der Waals surface area (Å²) in [5.41, 5.74) is 0.380. The second-order valence-electron chi connectivity index (χ2n) is 4.89. The zero-order valence-electron chi connectivity index (χ0n) is 12.4. The number of aryl methyl sites for hydroxylation is 2. The Hall–Kier alpha value is -3.03. The average molecular weight is 317 g/mol. The van der Waals surface area contributed by atoms with Crippen molar-refractivity contribution in [3.05, 3.63) is 53.6 Å². The molecule has 0 saturated heterocycles. The minimum atomic E-state index is -0.933. The van der Waals surface area contributed by atoms with Gasteiger partial charge in [-0.3, -0.25) is 0 Å². The second kappa shape index (κ2) is 5.99. The van der Waals surface area contributed by atoms with Gasteiger partial charge in [0.2, 0.25) is 0 Å². The predicted octanol–water partition coefficient (Wildman–Crippen LogP) is 3.85. The summed E-state index contributed by atoms with van der Waals surface area (Å²) in [6.45, 7) is 3.50. The van der Waals surface area contributed by atoms with E-state index in [1.807, 2.05) is 0 Å². The van der Waals surface area contributed by atoms with Crippen LogP contribution in [-0.2, 0) is 0 Å². The first-order valence-corrected chi connectivity index (χ1v) is 6.78. The van der Waals surface area contributed by atoms with Crippen LogP contribution in [0.1, 0.15) is 11.6 Å². The van der Waals surface area contributed by atoms with Gasteiger partial charge in [0.05, 0.1) is 0 Å². The molecule has 3 rings (SSSR count). The Kier molecular flexibility index (Phi) is 3.88. The molecule has 0 atom stereocenters. The van der Waals surface area contributed by atoms with Crippen LogP contribution < -0.4 is 10.6 Å². The molecule has 0 aliphatic rings. The monoisotopic (exact) mass is 317 g/mol. The summed E-state index contributed by atoms with van der Waals surface area (Å²) in [5.74, 6) is 0.774. The van der Waals surface area contributed by atoms with Gasteiger partial charge in [-0.25, -0.2) is 18.7 Å². The van der Waals surface area contributed by atoms with Crippen LogP contribution in [0.3, 0.4) is 0 Å². The first kappa shape index (κ1) is 14.9. The van der Waals surface area contributed by atoms with Crippen LogP contribution >= 0.6 is 0 Å². The molecule has 0 spiro atoms. The van der Waals surface area contributed by atoms with E-state index in [-0.39, 0.29) is 0 Å². The Balaban J connectivity index is 1.83. The summed E-state index contributed by atoms with van der Waals surface area (Å²) >= 11 is 0. The highest BCUT2D eigenvalue weighted by molar-refractivity contribution is 5.61. The van der Waals surface area contributed by atoms with Crippen molar-refractivity contribution in [2.45, 2.75) is 13.8 Å². The normalized spacial score (nSPS) is 10.6. The molecule has 0 aliphatic heterocycles. The van der Waals surface area contributed by atoms with E-state index in [1.54, 1.807) is 26.0 Å². The summed E-state index contributed by atoms with van der Waals surface area (Å²) in [7, 11) is 0. The lowest BCUT2D eigenvalue weighted by Crippen LogP contribution is -2.02. The van der Waals surface area contributed by atoms with Crippen LogP contribution in [0.15, 0.2) is 34.9 Å². The highest BCUT2D eigenvalue weighted by atomic mass is 19.2. The third-order valence-electron chi connectivity index (χ3n) is 2.91. The lowest BCUT2D eigenvalue weighted by molar-refractivity contribution is 0.400. The molecule has 118 valence electrons. The number of nitrogens with zero attached hydrogens (tertiary/aromatic N) is 3. The average Bonchev–Trinajstić information content (AvgIpc) is 2.87. The Morgan fingerprint density at radius 2 is 1.61 bits per heavy atom. The Labute approximate surface area is 130 Å². The van der Waals surface area contributed by atoms with Gasteiger partial charge in [-0.05, 0) is 26.0 Å². The summed E-state index contributed by atoms with van der Waals surface area (Å²) in [6.07, 6.45) is 0. The molecule has 23 heavy (non-hydrogen) atoms. The van der Waals surface area contributed by atoms with Crippen LogP contribution in [0.2, 0.25) is 0 Å². The number of anilines is 4. The largest absolute Gasteiger partial charge is 0.360 e. The van der Waals surface area contributed by atoms with Crippen molar-refractivity contribution in [1.82, 2.24) is 15.1 Å². The maximum absolute atomic E-state index is 13.3. The molecule has 2 N–H and O–H groups in total. The van der Waals surface area contributed by atoms with Crippen molar-refractivity contribution in [3.63, 3.8) is 0 Å². The molecule has 3 aromatic rings. The maximum atomic E-state index is 13.3. The lowest BCUT2D eigenvalue weighted by Gasteiger charge is -2.09. The van der Waals surface area contributed by atoms with Crippen molar-refractivity contribution < 1.29 is 13.3 Å². The molecule has 0 radical (unpaired) electrons. The molecule has 2 aromatic heterocycles. The highest BCUT2D eigenvalue weighted by Gasteiger charge is 2.07. The van der Waals surface area contributed by atoms with E-state index >= 15 is 0 Å². The maximum Gasteiger partial charge on any atom is 0.175 e. The van der Waals surface area contributed by atoms with Gasteiger partial charge in [-0.1, -0.05) is 5.16 Å². The molecule has 8 heteroatoms. The molecule has 0 fully saturated rings. The smallest absolute Gasteiger partial charge is 0.175 e. The van der Waals surface area contributed by atoms with E-state index in [4.69, 9.17) is 4.52 Å². The van der Waals surface area contributed by atoms with Crippen LogP contribution in [0.25, 0.3) is 0 Å². The zero-order chi connectivity index (χ0) is 16.4. The van der Waals surface area contributed by atoms with E-state index in [0.29, 0.717) is 34.7 Å². The van der Waals surface area contributed by atoms with E-state index in [2.05, 4.69) is 25.8 Å². The minimum Gasteiger partial charge on any atom is -0.360 e. The number of rotatable bonds is 4. The molecular weight excluding hydrogens is 304 g/mol. The summed E-state index contributed by atoms with van der Waals surface area (Å²) in [6, 6.07) is 6.87. The van der Waals surface area contributed by atoms with Gasteiger partial charge >= 0.3 is 0 Å². The Bertz CT molecular complexity index is 850. The number of benzene rings is 1. The van der Waals surface area contributed by atoms with Crippen molar-refractivity contribution in [3.8, 4) is 0 Å². The van der Waals surface area contributed by atoms with Crippen molar-refractivity contribution in [1.29, 1.82) is 0 Å². The fourth-order valence-corrected chi connectivity index (χ4v) is 1.97. The summed E-state index contributed by atoms with van der Waals surface area (Å²) in [5, 5.41) is 9.70. The van der Waals surface area contributed by atoms with E-state index in [9.17, 15) is 8.78 Å². The molecule has 6 nitrogen and oxygen atoms in total.